The molecule has 0 aliphatic carbocycles. The van der Waals surface area contributed by atoms with Crippen molar-refractivity contribution in [2.24, 2.45) is 0 Å². The lowest BCUT2D eigenvalue weighted by Crippen LogP contribution is -2.29. The number of esters is 1. The van der Waals surface area contributed by atoms with Gasteiger partial charge < -0.3 is 10.1 Å². The Morgan fingerprint density at radius 2 is 2.00 bits per heavy atom. The quantitative estimate of drug-likeness (QED) is 0.461. The van der Waals surface area contributed by atoms with Crippen LogP contribution in [0.1, 0.15) is 4.88 Å². The van der Waals surface area contributed by atoms with Crippen molar-refractivity contribution < 1.29 is 14.3 Å². The Morgan fingerprint density at radius 1 is 1.19 bits per heavy atom. The van der Waals surface area contributed by atoms with Crippen molar-refractivity contribution in [1.29, 1.82) is 0 Å². The van der Waals surface area contributed by atoms with Crippen molar-refractivity contribution in [3.05, 3.63) is 65.4 Å². The summed E-state index contributed by atoms with van der Waals surface area (Å²) in [5.74, 6) is -0.805. The number of nitrogens with one attached hydrogen (secondary N) is 1. The van der Waals surface area contributed by atoms with E-state index < -0.39 is 5.97 Å². The maximum atomic E-state index is 12.2. The summed E-state index contributed by atoms with van der Waals surface area (Å²) in [7, 11) is 0. The molecule has 0 spiro atoms. The Balaban J connectivity index is 1.75. The smallest absolute Gasteiger partial charge is 0.311 e. The number of carbonyl (C=O) groups is 2. The van der Waals surface area contributed by atoms with E-state index in [1.165, 1.54) is 11.3 Å². The summed E-state index contributed by atoms with van der Waals surface area (Å²) in [5, 5.41) is 5.40. The summed E-state index contributed by atoms with van der Waals surface area (Å²) in [6, 6.07) is 13.8. The SMILES string of the molecule is C=CCNC(=O)COC(=O)Cc1sc(-c2ccccc2)nc1-c1cccs1. The van der Waals surface area contributed by atoms with Gasteiger partial charge in [-0.05, 0) is 11.4 Å². The van der Waals surface area contributed by atoms with Gasteiger partial charge in [0.2, 0.25) is 0 Å². The van der Waals surface area contributed by atoms with Gasteiger partial charge in [-0.15, -0.1) is 29.3 Å². The van der Waals surface area contributed by atoms with Crippen LogP contribution in [0.4, 0.5) is 0 Å². The molecule has 0 saturated carbocycles. The highest BCUT2D eigenvalue weighted by molar-refractivity contribution is 7.17. The molecule has 7 heteroatoms. The Bertz CT molecular complexity index is 918. The van der Waals surface area contributed by atoms with Crippen LogP contribution >= 0.6 is 22.7 Å². The molecule has 0 atom stereocenters. The van der Waals surface area contributed by atoms with Gasteiger partial charge in [-0.25, -0.2) is 4.98 Å². The fraction of sp³-hybridized carbons (Fsp3) is 0.150. The molecule has 1 amide bonds. The number of amides is 1. The minimum atomic E-state index is -0.454. The van der Waals surface area contributed by atoms with Crippen molar-refractivity contribution in [2.75, 3.05) is 13.2 Å². The number of aromatic nitrogens is 1. The third-order valence-corrected chi connectivity index (χ3v) is 5.57. The number of ether oxygens (including phenoxy) is 1. The lowest BCUT2D eigenvalue weighted by atomic mass is 10.2. The van der Waals surface area contributed by atoms with Crippen molar-refractivity contribution >= 4 is 34.6 Å². The molecule has 0 unspecified atom stereocenters. The van der Waals surface area contributed by atoms with E-state index in [2.05, 4.69) is 11.9 Å². The zero-order valence-corrected chi connectivity index (χ0v) is 16.1. The molecule has 0 aliphatic rings. The van der Waals surface area contributed by atoms with Crippen LogP contribution in [0.25, 0.3) is 21.1 Å². The summed E-state index contributed by atoms with van der Waals surface area (Å²) < 4.78 is 5.09. The molecule has 5 nitrogen and oxygen atoms in total. The van der Waals surface area contributed by atoms with Gasteiger partial charge in [-0.3, -0.25) is 9.59 Å². The van der Waals surface area contributed by atoms with E-state index in [9.17, 15) is 9.59 Å². The molecule has 0 saturated heterocycles. The number of rotatable bonds is 8. The van der Waals surface area contributed by atoms with E-state index in [0.29, 0.717) is 6.54 Å². The number of thiazole rings is 1. The number of thiophene rings is 1. The Labute approximate surface area is 165 Å². The molecule has 138 valence electrons. The normalized spacial score (nSPS) is 10.4. The van der Waals surface area contributed by atoms with E-state index in [1.54, 1.807) is 17.4 Å². The molecule has 1 aromatic carbocycles. The van der Waals surface area contributed by atoms with E-state index >= 15 is 0 Å². The molecule has 3 rings (SSSR count). The van der Waals surface area contributed by atoms with Gasteiger partial charge in [-0.1, -0.05) is 42.5 Å². The Morgan fingerprint density at radius 3 is 2.70 bits per heavy atom. The fourth-order valence-electron chi connectivity index (χ4n) is 2.35. The maximum absolute atomic E-state index is 12.2. The van der Waals surface area contributed by atoms with Gasteiger partial charge in [0.05, 0.1) is 17.0 Å². The highest BCUT2D eigenvalue weighted by Gasteiger charge is 2.19. The summed E-state index contributed by atoms with van der Waals surface area (Å²) in [6.07, 6.45) is 1.64. The molecule has 1 N–H and O–H groups in total. The molecule has 3 aromatic rings. The standard InChI is InChI=1S/C20H18N2O3S2/c1-2-10-21-17(23)13-25-18(24)12-16-19(15-9-6-11-26-15)22-20(27-16)14-7-4-3-5-8-14/h2-9,11H,1,10,12-13H2,(H,21,23). The predicted octanol–water partition coefficient (Wildman–Crippen LogP) is 3.93. The van der Waals surface area contributed by atoms with Crippen LogP contribution < -0.4 is 5.32 Å². The van der Waals surface area contributed by atoms with E-state index in [-0.39, 0.29) is 18.9 Å². The first-order valence-electron chi connectivity index (χ1n) is 8.29. The molecule has 0 aliphatic heterocycles. The second-order valence-corrected chi connectivity index (χ2v) is 7.60. The average Bonchev–Trinajstić information content (AvgIpc) is 3.35. The highest BCUT2D eigenvalue weighted by atomic mass is 32.1. The molecule has 2 heterocycles. The van der Waals surface area contributed by atoms with E-state index in [4.69, 9.17) is 9.72 Å². The number of carbonyl (C=O) groups excluding carboxylic acids is 2. The number of nitrogens with zero attached hydrogens (tertiary/aromatic N) is 1. The van der Waals surface area contributed by atoms with Crippen LogP contribution in [0, 0.1) is 0 Å². The van der Waals surface area contributed by atoms with Crippen LogP contribution in [0.2, 0.25) is 0 Å². The van der Waals surface area contributed by atoms with Crippen molar-refractivity contribution in [1.82, 2.24) is 10.3 Å². The van der Waals surface area contributed by atoms with Gasteiger partial charge >= 0.3 is 5.97 Å². The van der Waals surface area contributed by atoms with Gasteiger partial charge in [0.15, 0.2) is 6.61 Å². The average molecular weight is 399 g/mol. The highest BCUT2D eigenvalue weighted by Crippen LogP contribution is 2.36. The third kappa shape index (κ3) is 5.12. The Hall–Kier alpha value is -2.77. The second kappa shape index (κ2) is 9.25. The molecule has 27 heavy (non-hydrogen) atoms. The topological polar surface area (TPSA) is 68.3 Å². The van der Waals surface area contributed by atoms with Gasteiger partial charge in [-0.2, -0.15) is 0 Å². The van der Waals surface area contributed by atoms with Crippen LogP contribution in [0.15, 0.2) is 60.5 Å². The molecule has 0 radical (unpaired) electrons. The van der Waals surface area contributed by atoms with Gasteiger partial charge in [0.25, 0.3) is 5.91 Å². The summed E-state index contributed by atoms with van der Waals surface area (Å²) in [5.41, 5.74) is 1.80. The second-order valence-electron chi connectivity index (χ2n) is 5.56. The molecule has 0 bridgehead atoms. The maximum Gasteiger partial charge on any atom is 0.311 e. The van der Waals surface area contributed by atoms with Crippen LogP contribution in [-0.2, 0) is 20.7 Å². The number of benzene rings is 1. The minimum absolute atomic E-state index is 0.0759. The van der Waals surface area contributed by atoms with Gasteiger partial charge in [0.1, 0.15) is 5.01 Å². The molecule has 2 aromatic heterocycles. The first kappa shape index (κ1) is 19.0. The summed E-state index contributed by atoms with van der Waals surface area (Å²) in [4.78, 5) is 30.3. The van der Waals surface area contributed by atoms with Crippen LogP contribution in [0.5, 0.6) is 0 Å². The monoisotopic (exact) mass is 398 g/mol. The van der Waals surface area contributed by atoms with Crippen LogP contribution in [-0.4, -0.2) is 30.0 Å². The summed E-state index contributed by atoms with van der Waals surface area (Å²) >= 11 is 3.04. The van der Waals surface area contributed by atoms with Crippen molar-refractivity contribution in [2.45, 2.75) is 6.42 Å². The molecule has 0 fully saturated rings. The summed E-state index contributed by atoms with van der Waals surface area (Å²) in [6.45, 7) is 3.56. The first-order chi connectivity index (χ1) is 13.2. The number of hydrogen-bond acceptors (Lipinski definition) is 6. The zero-order valence-electron chi connectivity index (χ0n) is 14.5. The first-order valence-corrected chi connectivity index (χ1v) is 9.99. The fourth-order valence-corrected chi connectivity index (χ4v) is 4.22. The van der Waals surface area contributed by atoms with E-state index in [0.717, 1.165) is 26.0 Å². The predicted molar refractivity (Wildman–Crippen MR) is 109 cm³/mol. The van der Waals surface area contributed by atoms with Crippen LogP contribution in [0.3, 0.4) is 0 Å². The van der Waals surface area contributed by atoms with Crippen molar-refractivity contribution in [3.63, 3.8) is 0 Å². The minimum Gasteiger partial charge on any atom is -0.455 e. The zero-order chi connectivity index (χ0) is 19.1. The van der Waals surface area contributed by atoms with Crippen molar-refractivity contribution in [3.8, 4) is 21.1 Å². The van der Waals surface area contributed by atoms with Gasteiger partial charge in [0, 0.05) is 17.0 Å². The number of hydrogen-bond donors (Lipinski definition) is 1. The lowest BCUT2D eigenvalue weighted by Gasteiger charge is -2.05. The molecular weight excluding hydrogens is 380 g/mol. The third-order valence-electron chi connectivity index (χ3n) is 3.59. The molecular formula is C20H18N2O3S2. The lowest BCUT2D eigenvalue weighted by molar-refractivity contribution is -0.147. The Kier molecular flexibility index (Phi) is 6.51. The van der Waals surface area contributed by atoms with E-state index in [1.807, 2.05) is 47.8 Å². The largest absolute Gasteiger partial charge is 0.455 e.